The van der Waals surface area contributed by atoms with Gasteiger partial charge in [-0.2, -0.15) is 0 Å². The molecule has 6 nitrogen and oxygen atoms in total. The van der Waals surface area contributed by atoms with Crippen LogP contribution in [0.5, 0.6) is 0 Å². The molecule has 86 valence electrons. The van der Waals surface area contributed by atoms with Gasteiger partial charge in [-0.05, 0) is 12.1 Å². The van der Waals surface area contributed by atoms with Gasteiger partial charge in [0.2, 0.25) is 0 Å². The van der Waals surface area contributed by atoms with Gasteiger partial charge in [-0.15, -0.1) is 0 Å². The maximum absolute atomic E-state index is 11.3. The molecule has 1 heterocycles. The lowest BCUT2D eigenvalue weighted by molar-refractivity contribution is -0.380. The molecule has 0 N–H and O–H groups in total. The van der Waals surface area contributed by atoms with Gasteiger partial charge in [0.1, 0.15) is 0 Å². The molecule has 0 saturated carbocycles. The van der Waals surface area contributed by atoms with Crippen LogP contribution < -0.4 is 0 Å². The monoisotopic (exact) mass is 242 g/mol. The Morgan fingerprint density at radius 2 is 2.31 bits per heavy atom. The van der Waals surface area contributed by atoms with Crippen molar-refractivity contribution in [3.63, 3.8) is 0 Å². The van der Waals surface area contributed by atoms with Gasteiger partial charge in [0.25, 0.3) is 5.91 Å². The number of carbonyl (C=O) groups excluding carboxylic acids is 1. The Morgan fingerprint density at radius 3 is 2.81 bits per heavy atom. The molecule has 0 spiro atoms. The van der Waals surface area contributed by atoms with Crippen molar-refractivity contribution < 1.29 is 14.6 Å². The van der Waals surface area contributed by atoms with Crippen molar-refractivity contribution in [2.75, 3.05) is 14.2 Å². The molecule has 7 heteroatoms. The Balaban J connectivity index is 2.69. The lowest BCUT2D eigenvalue weighted by Crippen LogP contribution is -2.22. The van der Waals surface area contributed by atoms with Crippen LogP contribution in [0.2, 0.25) is 0 Å². The normalized spacial score (nSPS) is 10.6. The first-order valence-corrected chi connectivity index (χ1v) is 5.10. The molecule has 1 aromatic rings. The van der Waals surface area contributed by atoms with Crippen LogP contribution in [-0.2, 0) is 9.63 Å². The molecule has 0 saturated heterocycles. The zero-order valence-corrected chi connectivity index (χ0v) is 9.56. The minimum absolute atomic E-state index is 0.0483. The number of hydrogen-bond acceptors (Lipinski definition) is 5. The summed E-state index contributed by atoms with van der Waals surface area (Å²) in [7, 11) is 2.85. The van der Waals surface area contributed by atoms with E-state index in [1.54, 1.807) is 6.07 Å². The topological polar surface area (TPSA) is 72.7 Å². The molecule has 0 atom stereocenters. The first-order valence-electron chi connectivity index (χ1n) is 4.28. The lowest BCUT2D eigenvalue weighted by atomic mass is 10.4. The van der Waals surface area contributed by atoms with Crippen molar-refractivity contribution in [3.05, 3.63) is 33.2 Å². The largest absolute Gasteiger partial charge is 0.324 e. The van der Waals surface area contributed by atoms with Crippen molar-refractivity contribution in [3.8, 4) is 0 Å². The lowest BCUT2D eigenvalue weighted by Gasteiger charge is -2.09. The highest BCUT2D eigenvalue weighted by molar-refractivity contribution is 7.16. The third kappa shape index (κ3) is 3.14. The molecule has 0 unspecified atom stereocenters. The SMILES string of the molecule is CON(C)C(=O)/C=C/c1ccc([N+](=O)[O-])s1. The van der Waals surface area contributed by atoms with E-state index in [2.05, 4.69) is 4.84 Å². The molecule has 0 aliphatic rings. The van der Waals surface area contributed by atoms with Gasteiger partial charge in [-0.25, -0.2) is 5.06 Å². The number of hydrogen-bond donors (Lipinski definition) is 0. The third-order valence-corrected chi connectivity index (χ3v) is 2.77. The molecule has 0 bridgehead atoms. The van der Waals surface area contributed by atoms with Crippen molar-refractivity contribution in [2.24, 2.45) is 0 Å². The Labute approximate surface area is 95.8 Å². The highest BCUT2D eigenvalue weighted by atomic mass is 32.1. The number of rotatable bonds is 4. The van der Waals surface area contributed by atoms with Crippen molar-refractivity contribution in [1.82, 2.24) is 5.06 Å². The van der Waals surface area contributed by atoms with Gasteiger partial charge in [0.15, 0.2) is 0 Å². The highest BCUT2D eigenvalue weighted by Crippen LogP contribution is 2.24. The number of likely N-dealkylation sites (N-methyl/N-ethyl adjacent to an activating group) is 1. The van der Waals surface area contributed by atoms with Crippen LogP contribution in [0.25, 0.3) is 6.08 Å². The predicted octanol–water partition coefficient (Wildman–Crippen LogP) is 1.69. The molecule has 1 aromatic heterocycles. The fraction of sp³-hybridized carbons (Fsp3) is 0.222. The van der Waals surface area contributed by atoms with Crippen LogP contribution in [0.15, 0.2) is 18.2 Å². The molecule has 1 rings (SSSR count). The maximum atomic E-state index is 11.3. The summed E-state index contributed by atoms with van der Waals surface area (Å²) in [6, 6.07) is 2.98. The quantitative estimate of drug-likeness (QED) is 0.457. The highest BCUT2D eigenvalue weighted by Gasteiger charge is 2.08. The second-order valence-corrected chi connectivity index (χ2v) is 3.88. The minimum Gasteiger partial charge on any atom is -0.274 e. The van der Waals surface area contributed by atoms with Crippen LogP contribution in [0, 0.1) is 10.1 Å². The van der Waals surface area contributed by atoms with Gasteiger partial charge in [-0.1, -0.05) is 11.3 Å². The summed E-state index contributed by atoms with van der Waals surface area (Å²) < 4.78 is 0. The molecule has 0 radical (unpaired) electrons. The minimum atomic E-state index is -0.467. The molecule has 1 amide bonds. The van der Waals surface area contributed by atoms with E-state index in [0.717, 1.165) is 16.4 Å². The van der Waals surface area contributed by atoms with Crippen LogP contribution >= 0.6 is 11.3 Å². The number of carbonyl (C=O) groups is 1. The molecule has 0 fully saturated rings. The second kappa shape index (κ2) is 5.38. The number of nitrogens with zero attached hydrogens (tertiary/aromatic N) is 2. The van der Waals surface area contributed by atoms with Crippen molar-refractivity contribution in [2.45, 2.75) is 0 Å². The Bertz CT molecular complexity index is 427. The van der Waals surface area contributed by atoms with E-state index in [4.69, 9.17) is 0 Å². The zero-order chi connectivity index (χ0) is 12.1. The van der Waals surface area contributed by atoms with E-state index in [1.807, 2.05) is 0 Å². The fourth-order valence-corrected chi connectivity index (χ4v) is 1.60. The van der Waals surface area contributed by atoms with Gasteiger partial charge in [0.05, 0.1) is 12.0 Å². The van der Waals surface area contributed by atoms with E-state index >= 15 is 0 Å². The third-order valence-electron chi connectivity index (χ3n) is 1.77. The first-order chi connectivity index (χ1) is 7.54. The van der Waals surface area contributed by atoms with E-state index < -0.39 is 4.92 Å². The number of hydroxylamine groups is 2. The van der Waals surface area contributed by atoms with Crippen LogP contribution in [0.1, 0.15) is 4.88 Å². The van der Waals surface area contributed by atoms with Crippen LogP contribution in [0.4, 0.5) is 5.00 Å². The van der Waals surface area contributed by atoms with E-state index in [0.29, 0.717) is 4.88 Å². The first kappa shape index (κ1) is 12.3. The fourth-order valence-electron chi connectivity index (χ4n) is 0.878. The van der Waals surface area contributed by atoms with Crippen molar-refractivity contribution >= 4 is 28.3 Å². The van der Waals surface area contributed by atoms with E-state index in [-0.39, 0.29) is 10.9 Å². The second-order valence-electron chi connectivity index (χ2n) is 2.78. The summed E-state index contributed by atoms with van der Waals surface area (Å²) in [6.45, 7) is 0. The average Bonchev–Trinajstić information content (AvgIpc) is 2.73. The molecular formula is C9H10N2O4S. The summed E-state index contributed by atoms with van der Waals surface area (Å²) in [5.41, 5.74) is 0. The van der Waals surface area contributed by atoms with Gasteiger partial charge < -0.3 is 0 Å². The Morgan fingerprint density at radius 1 is 1.62 bits per heavy atom. The molecule has 0 aliphatic heterocycles. The number of thiophene rings is 1. The average molecular weight is 242 g/mol. The van der Waals surface area contributed by atoms with E-state index in [9.17, 15) is 14.9 Å². The smallest absolute Gasteiger partial charge is 0.274 e. The number of nitro groups is 1. The summed E-state index contributed by atoms with van der Waals surface area (Å²) in [5, 5.41) is 11.5. The van der Waals surface area contributed by atoms with Crippen LogP contribution in [-0.4, -0.2) is 30.1 Å². The van der Waals surface area contributed by atoms with Crippen molar-refractivity contribution in [1.29, 1.82) is 0 Å². The van der Waals surface area contributed by atoms with Gasteiger partial charge in [0, 0.05) is 24.1 Å². The van der Waals surface area contributed by atoms with Gasteiger partial charge in [-0.3, -0.25) is 19.7 Å². The summed E-state index contributed by atoms with van der Waals surface area (Å²) >= 11 is 1.00. The Kier molecular flexibility index (Phi) is 4.15. The number of amides is 1. The summed E-state index contributed by atoms with van der Waals surface area (Å²) in [5.74, 6) is -0.335. The molecule has 0 aliphatic carbocycles. The molecule has 0 aromatic carbocycles. The summed E-state index contributed by atoms with van der Waals surface area (Å²) in [6.07, 6.45) is 2.80. The zero-order valence-electron chi connectivity index (χ0n) is 8.75. The predicted molar refractivity (Wildman–Crippen MR) is 59.8 cm³/mol. The van der Waals surface area contributed by atoms with Crippen LogP contribution in [0.3, 0.4) is 0 Å². The molecular weight excluding hydrogens is 232 g/mol. The summed E-state index contributed by atoms with van der Waals surface area (Å²) in [4.78, 5) is 26.5. The Hall–Kier alpha value is -1.73. The standard InChI is InChI=1S/C9H10N2O4S/c1-10(15-2)8(12)5-3-7-4-6-9(16-7)11(13)14/h3-6H,1-2H3/b5-3+. The van der Waals surface area contributed by atoms with E-state index in [1.165, 1.54) is 32.4 Å². The maximum Gasteiger partial charge on any atom is 0.324 e. The molecule has 16 heavy (non-hydrogen) atoms. The van der Waals surface area contributed by atoms with Gasteiger partial charge >= 0.3 is 5.00 Å².